The summed E-state index contributed by atoms with van der Waals surface area (Å²) < 4.78 is 0. The van der Waals surface area contributed by atoms with Crippen LogP contribution in [0, 0.1) is 0 Å². The van der Waals surface area contributed by atoms with Gasteiger partial charge in [0.1, 0.15) is 0 Å². The molecule has 0 aromatic heterocycles. The van der Waals surface area contributed by atoms with Gasteiger partial charge in [0.15, 0.2) is 5.78 Å². The molecule has 0 aliphatic carbocycles. The number of carbonyl (C=O) groups is 2. The van der Waals surface area contributed by atoms with Crippen molar-refractivity contribution in [3.63, 3.8) is 0 Å². The predicted molar refractivity (Wildman–Crippen MR) is 82.8 cm³/mol. The van der Waals surface area contributed by atoms with Crippen LogP contribution in [0.5, 0.6) is 0 Å². The Balaban J connectivity index is 1.99. The van der Waals surface area contributed by atoms with Crippen LogP contribution in [0.4, 0.5) is 16.2 Å². The van der Waals surface area contributed by atoms with Crippen LogP contribution >= 0.6 is 12.6 Å². The second-order valence-electron chi connectivity index (χ2n) is 4.26. The Morgan fingerprint density at radius 3 is 2.20 bits per heavy atom. The monoisotopic (exact) mass is 286 g/mol. The van der Waals surface area contributed by atoms with E-state index in [4.69, 9.17) is 0 Å². The molecule has 2 N–H and O–H groups in total. The Hall–Kier alpha value is -2.27. The van der Waals surface area contributed by atoms with E-state index in [2.05, 4.69) is 23.3 Å². The third kappa shape index (κ3) is 3.86. The van der Waals surface area contributed by atoms with Gasteiger partial charge in [0.05, 0.1) is 0 Å². The van der Waals surface area contributed by atoms with Gasteiger partial charge in [-0.15, -0.1) is 12.6 Å². The van der Waals surface area contributed by atoms with Crippen LogP contribution in [0.2, 0.25) is 0 Å². The summed E-state index contributed by atoms with van der Waals surface area (Å²) in [5.41, 5.74) is 1.89. The van der Waals surface area contributed by atoms with Crippen LogP contribution < -0.4 is 10.6 Å². The number of anilines is 2. The lowest BCUT2D eigenvalue weighted by molar-refractivity contribution is 0.101. The lowest BCUT2D eigenvalue weighted by Crippen LogP contribution is -2.19. The highest BCUT2D eigenvalue weighted by atomic mass is 32.1. The molecule has 2 aromatic rings. The number of nitrogens with one attached hydrogen (secondary N) is 2. The molecule has 4 nitrogen and oxygen atoms in total. The van der Waals surface area contributed by atoms with Gasteiger partial charge in [-0.05, 0) is 49.4 Å². The van der Waals surface area contributed by atoms with Crippen molar-refractivity contribution >= 4 is 35.8 Å². The Bertz CT molecular complexity index is 639. The van der Waals surface area contributed by atoms with Crippen molar-refractivity contribution in [3.05, 3.63) is 54.1 Å². The third-order valence-electron chi connectivity index (χ3n) is 2.65. The quantitative estimate of drug-likeness (QED) is 0.593. The van der Waals surface area contributed by atoms with Crippen molar-refractivity contribution in [1.82, 2.24) is 0 Å². The first-order valence-electron chi connectivity index (χ1n) is 6.02. The minimum Gasteiger partial charge on any atom is -0.308 e. The normalized spacial score (nSPS) is 9.90. The van der Waals surface area contributed by atoms with E-state index in [1.165, 1.54) is 6.92 Å². The number of urea groups is 1. The number of thiol groups is 1. The molecule has 0 fully saturated rings. The molecule has 2 amide bonds. The van der Waals surface area contributed by atoms with Gasteiger partial charge in [-0.25, -0.2) is 4.79 Å². The fourth-order valence-electron chi connectivity index (χ4n) is 1.67. The van der Waals surface area contributed by atoms with Crippen LogP contribution in [-0.2, 0) is 0 Å². The highest BCUT2D eigenvalue weighted by Crippen LogP contribution is 2.14. The summed E-state index contributed by atoms with van der Waals surface area (Å²) in [5.74, 6) is -0.00778. The first kappa shape index (κ1) is 14.1. The summed E-state index contributed by atoms with van der Waals surface area (Å²) >= 11 is 4.20. The number of rotatable bonds is 3. The third-order valence-corrected chi connectivity index (χ3v) is 2.93. The minimum atomic E-state index is -0.348. The molecule has 0 heterocycles. The topological polar surface area (TPSA) is 58.2 Å². The van der Waals surface area contributed by atoms with E-state index >= 15 is 0 Å². The SMILES string of the molecule is CC(=O)c1ccc(NC(=O)Nc2cccc(S)c2)cc1. The van der Waals surface area contributed by atoms with E-state index in [0.717, 1.165) is 4.90 Å². The van der Waals surface area contributed by atoms with E-state index in [9.17, 15) is 9.59 Å². The Labute approximate surface area is 122 Å². The molecule has 2 rings (SSSR count). The zero-order valence-electron chi connectivity index (χ0n) is 10.9. The molecule has 0 unspecified atom stereocenters. The Kier molecular flexibility index (Phi) is 4.42. The van der Waals surface area contributed by atoms with E-state index < -0.39 is 0 Å². The van der Waals surface area contributed by atoms with Crippen molar-refractivity contribution in [2.45, 2.75) is 11.8 Å². The molecule has 102 valence electrons. The standard InChI is InChI=1S/C15H14N2O2S/c1-10(18)11-5-7-12(8-6-11)16-15(19)17-13-3-2-4-14(20)9-13/h2-9,20H,1H3,(H2,16,17,19). The Morgan fingerprint density at radius 2 is 1.60 bits per heavy atom. The zero-order chi connectivity index (χ0) is 14.5. The van der Waals surface area contributed by atoms with Crippen molar-refractivity contribution < 1.29 is 9.59 Å². The molecular formula is C15H14N2O2S. The van der Waals surface area contributed by atoms with Crippen LogP contribution in [0.25, 0.3) is 0 Å². The molecular weight excluding hydrogens is 272 g/mol. The molecule has 0 aliphatic heterocycles. The average Bonchev–Trinajstić information content (AvgIpc) is 2.39. The molecule has 0 saturated heterocycles. The first-order valence-corrected chi connectivity index (χ1v) is 6.47. The maximum absolute atomic E-state index is 11.8. The highest BCUT2D eigenvalue weighted by molar-refractivity contribution is 7.80. The van der Waals surface area contributed by atoms with Gasteiger partial charge in [0.25, 0.3) is 0 Å². The van der Waals surface area contributed by atoms with Gasteiger partial charge in [-0.3, -0.25) is 4.79 Å². The average molecular weight is 286 g/mol. The van der Waals surface area contributed by atoms with Gasteiger partial charge in [-0.2, -0.15) is 0 Å². The van der Waals surface area contributed by atoms with Crippen LogP contribution in [0.15, 0.2) is 53.4 Å². The number of hydrogen-bond acceptors (Lipinski definition) is 3. The summed E-state index contributed by atoms with van der Waals surface area (Å²) in [6, 6.07) is 13.5. The molecule has 0 bridgehead atoms. The van der Waals surface area contributed by atoms with E-state index in [0.29, 0.717) is 16.9 Å². The fraction of sp³-hybridized carbons (Fsp3) is 0.0667. The number of amides is 2. The van der Waals surface area contributed by atoms with Crippen molar-refractivity contribution in [3.8, 4) is 0 Å². The molecule has 20 heavy (non-hydrogen) atoms. The molecule has 0 aliphatic rings. The maximum Gasteiger partial charge on any atom is 0.323 e. The minimum absolute atomic E-state index is 0.00778. The second kappa shape index (κ2) is 6.25. The number of Topliss-reactive ketones (excluding diaryl/α,β-unsaturated/α-hetero) is 1. The van der Waals surface area contributed by atoms with Crippen LogP contribution in [0.3, 0.4) is 0 Å². The lowest BCUT2D eigenvalue weighted by Gasteiger charge is -2.08. The number of ketones is 1. The first-order chi connectivity index (χ1) is 9.54. The predicted octanol–water partition coefficient (Wildman–Crippen LogP) is 3.82. The smallest absolute Gasteiger partial charge is 0.308 e. The van der Waals surface area contributed by atoms with Crippen molar-refractivity contribution in [1.29, 1.82) is 0 Å². The summed E-state index contributed by atoms with van der Waals surface area (Å²) in [7, 11) is 0. The Morgan fingerprint density at radius 1 is 0.950 bits per heavy atom. The lowest BCUT2D eigenvalue weighted by atomic mass is 10.1. The number of hydrogen-bond donors (Lipinski definition) is 3. The summed E-state index contributed by atoms with van der Waals surface area (Å²) in [5, 5.41) is 5.39. The highest BCUT2D eigenvalue weighted by Gasteiger charge is 2.04. The zero-order valence-corrected chi connectivity index (χ0v) is 11.8. The molecule has 0 spiro atoms. The molecule has 0 saturated carbocycles. The molecule has 0 atom stereocenters. The number of carbonyl (C=O) groups excluding carboxylic acids is 2. The summed E-state index contributed by atoms with van der Waals surface area (Å²) in [6.07, 6.45) is 0. The largest absolute Gasteiger partial charge is 0.323 e. The second-order valence-corrected chi connectivity index (χ2v) is 4.78. The van der Waals surface area contributed by atoms with Crippen LogP contribution in [0.1, 0.15) is 17.3 Å². The van der Waals surface area contributed by atoms with E-state index in [1.54, 1.807) is 42.5 Å². The molecule has 5 heteroatoms. The van der Waals surface area contributed by atoms with Gasteiger partial charge in [0, 0.05) is 21.8 Å². The van der Waals surface area contributed by atoms with Gasteiger partial charge < -0.3 is 10.6 Å². The number of benzene rings is 2. The van der Waals surface area contributed by atoms with Crippen molar-refractivity contribution in [2.75, 3.05) is 10.6 Å². The maximum atomic E-state index is 11.8. The van der Waals surface area contributed by atoms with Gasteiger partial charge in [-0.1, -0.05) is 6.07 Å². The van der Waals surface area contributed by atoms with Crippen LogP contribution in [-0.4, -0.2) is 11.8 Å². The fourth-order valence-corrected chi connectivity index (χ4v) is 1.89. The van der Waals surface area contributed by atoms with E-state index in [1.807, 2.05) is 6.07 Å². The summed E-state index contributed by atoms with van der Waals surface area (Å²) in [4.78, 5) is 23.7. The van der Waals surface area contributed by atoms with Gasteiger partial charge >= 0.3 is 6.03 Å². The van der Waals surface area contributed by atoms with E-state index in [-0.39, 0.29) is 11.8 Å². The molecule has 0 radical (unpaired) electrons. The molecule has 2 aromatic carbocycles. The van der Waals surface area contributed by atoms with Crippen molar-refractivity contribution in [2.24, 2.45) is 0 Å². The van der Waals surface area contributed by atoms with Gasteiger partial charge in [0.2, 0.25) is 0 Å². The summed E-state index contributed by atoms with van der Waals surface area (Å²) in [6.45, 7) is 1.50.